The fraction of sp³-hybridized carbons (Fsp3) is 0.0909. The van der Waals surface area contributed by atoms with Crippen molar-refractivity contribution in [2.24, 2.45) is 0 Å². The van der Waals surface area contributed by atoms with Crippen LogP contribution in [-0.2, 0) is 11.3 Å². The first-order chi connectivity index (χ1) is 14.9. The standard InChI is InChI=1S/C22H14Cl3NO4S/c1-29-19-7-5-12(9-17(19)25)18-8-6-13(30-18)10-20-21(27)26(22(28)31-20)11-14-15(23)3-2-4-16(14)24/h2-10H,11H2,1H3/b20-10-. The number of imide groups is 1. The molecule has 1 saturated heterocycles. The molecule has 2 amide bonds. The zero-order valence-corrected chi connectivity index (χ0v) is 19.1. The van der Waals surface area contributed by atoms with E-state index in [0.717, 1.165) is 22.2 Å². The van der Waals surface area contributed by atoms with E-state index in [0.29, 0.717) is 37.9 Å². The van der Waals surface area contributed by atoms with Gasteiger partial charge < -0.3 is 9.15 Å². The Labute approximate surface area is 197 Å². The van der Waals surface area contributed by atoms with E-state index < -0.39 is 11.1 Å². The Hall–Kier alpha value is -2.38. The van der Waals surface area contributed by atoms with Gasteiger partial charge in [-0.1, -0.05) is 40.9 Å². The fourth-order valence-corrected chi connectivity index (χ4v) is 4.61. The van der Waals surface area contributed by atoms with E-state index >= 15 is 0 Å². The number of ether oxygens (including phenoxy) is 1. The molecule has 0 atom stereocenters. The molecule has 0 radical (unpaired) electrons. The van der Waals surface area contributed by atoms with Crippen molar-refractivity contribution in [3.63, 3.8) is 0 Å². The van der Waals surface area contributed by atoms with E-state index in [-0.39, 0.29) is 11.4 Å². The van der Waals surface area contributed by atoms with Gasteiger partial charge in [0.1, 0.15) is 17.3 Å². The molecule has 0 aliphatic carbocycles. The first-order valence-corrected chi connectivity index (χ1v) is 10.9. The summed E-state index contributed by atoms with van der Waals surface area (Å²) >= 11 is 19.4. The summed E-state index contributed by atoms with van der Waals surface area (Å²) in [6.07, 6.45) is 1.54. The number of furan rings is 1. The number of amides is 2. The molecule has 1 aliphatic heterocycles. The number of benzene rings is 2. The Morgan fingerprint density at radius 2 is 1.77 bits per heavy atom. The lowest BCUT2D eigenvalue weighted by Gasteiger charge is -2.14. The average Bonchev–Trinajstić information content (AvgIpc) is 3.30. The van der Waals surface area contributed by atoms with Gasteiger partial charge >= 0.3 is 0 Å². The molecule has 2 aromatic carbocycles. The summed E-state index contributed by atoms with van der Waals surface area (Å²) in [5.41, 5.74) is 1.28. The first kappa shape index (κ1) is 21.8. The van der Waals surface area contributed by atoms with Gasteiger partial charge in [-0.25, -0.2) is 0 Å². The highest BCUT2D eigenvalue weighted by molar-refractivity contribution is 8.18. The zero-order valence-electron chi connectivity index (χ0n) is 16.0. The molecule has 31 heavy (non-hydrogen) atoms. The monoisotopic (exact) mass is 493 g/mol. The van der Waals surface area contributed by atoms with Gasteiger partial charge in [0, 0.05) is 27.2 Å². The third kappa shape index (κ3) is 4.48. The van der Waals surface area contributed by atoms with Crippen molar-refractivity contribution in [1.82, 2.24) is 4.90 Å². The summed E-state index contributed by atoms with van der Waals surface area (Å²) in [4.78, 5) is 26.6. The van der Waals surface area contributed by atoms with Crippen LogP contribution in [0.5, 0.6) is 5.75 Å². The van der Waals surface area contributed by atoms with Crippen LogP contribution in [-0.4, -0.2) is 23.2 Å². The molecular weight excluding hydrogens is 481 g/mol. The van der Waals surface area contributed by atoms with Crippen LogP contribution in [0.4, 0.5) is 4.79 Å². The second-order valence-electron chi connectivity index (χ2n) is 6.52. The Morgan fingerprint density at radius 1 is 1.03 bits per heavy atom. The SMILES string of the molecule is COc1ccc(-c2ccc(/C=C3\SC(=O)N(Cc4c(Cl)cccc4Cl)C3=O)o2)cc1Cl. The maximum absolute atomic E-state index is 12.8. The van der Waals surface area contributed by atoms with Crippen LogP contribution in [0.15, 0.2) is 57.9 Å². The minimum absolute atomic E-state index is 0.00569. The van der Waals surface area contributed by atoms with Crippen LogP contribution in [0, 0.1) is 0 Å². The number of thioether (sulfide) groups is 1. The molecule has 158 valence electrons. The minimum Gasteiger partial charge on any atom is -0.495 e. The van der Waals surface area contributed by atoms with Gasteiger partial charge in [0.25, 0.3) is 11.1 Å². The zero-order chi connectivity index (χ0) is 22.1. The van der Waals surface area contributed by atoms with Crippen LogP contribution < -0.4 is 4.74 Å². The van der Waals surface area contributed by atoms with Crippen molar-refractivity contribution >= 4 is 63.8 Å². The van der Waals surface area contributed by atoms with E-state index in [1.165, 1.54) is 6.08 Å². The Kier molecular flexibility index (Phi) is 6.34. The predicted octanol–water partition coefficient (Wildman–Crippen LogP) is 7.15. The van der Waals surface area contributed by atoms with Gasteiger partial charge in [0.05, 0.1) is 23.6 Å². The minimum atomic E-state index is -0.434. The average molecular weight is 495 g/mol. The predicted molar refractivity (Wildman–Crippen MR) is 124 cm³/mol. The van der Waals surface area contributed by atoms with Gasteiger partial charge in [-0.3, -0.25) is 14.5 Å². The molecule has 3 aromatic rings. The lowest BCUT2D eigenvalue weighted by atomic mass is 10.2. The second kappa shape index (κ2) is 9.01. The third-order valence-corrected chi connectivity index (χ3v) is 6.50. The van der Waals surface area contributed by atoms with E-state index in [4.69, 9.17) is 44.0 Å². The van der Waals surface area contributed by atoms with E-state index in [9.17, 15) is 9.59 Å². The largest absolute Gasteiger partial charge is 0.495 e. The van der Waals surface area contributed by atoms with Crippen LogP contribution in [0.1, 0.15) is 11.3 Å². The molecule has 0 saturated carbocycles. The second-order valence-corrected chi connectivity index (χ2v) is 8.73. The number of hydrogen-bond donors (Lipinski definition) is 0. The lowest BCUT2D eigenvalue weighted by molar-refractivity contribution is -0.123. The number of carbonyl (C=O) groups excluding carboxylic acids is 2. The normalized spacial score (nSPS) is 15.2. The van der Waals surface area contributed by atoms with Crippen molar-refractivity contribution < 1.29 is 18.7 Å². The van der Waals surface area contributed by atoms with Crippen LogP contribution in [0.2, 0.25) is 15.1 Å². The first-order valence-electron chi connectivity index (χ1n) is 8.99. The number of halogens is 3. The quantitative estimate of drug-likeness (QED) is 0.352. The number of hydrogen-bond acceptors (Lipinski definition) is 5. The molecule has 1 aromatic heterocycles. The van der Waals surface area contributed by atoms with Gasteiger partial charge in [0.2, 0.25) is 0 Å². The Balaban J connectivity index is 1.56. The summed E-state index contributed by atoms with van der Waals surface area (Å²) in [5, 5.41) is 0.840. The molecule has 0 spiro atoms. The van der Waals surface area contributed by atoms with Gasteiger partial charge in [-0.15, -0.1) is 0 Å². The maximum Gasteiger partial charge on any atom is 0.293 e. The Morgan fingerprint density at radius 3 is 2.45 bits per heavy atom. The smallest absolute Gasteiger partial charge is 0.293 e. The molecule has 1 aliphatic rings. The molecule has 5 nitrogen and oxygen atoms in total. The van der Waals surface area contributed by atoms with Gasteiger partial charge in [0.15, 0.2) is 0 Å². The van der Waals surface area contributed by atoms with Crippen molar-refractivity contribution in [3.05, 3.63) is 79.8 Å². The van der Waals surface area contributed by atoms with E-state index in [2.05, 4.69) is 0 Å². The molecule has 0 unspecified atom stereocenters. The Bertz CT molecular complexity index is 1200. The van der Waals surface area contributed by atoms with E-state index in [1.54, 1.807) is 49.6 Å². The molecule has 0 bridgehead atoms. The van der Waals surface area contributed by atoms with Crippen molar-refractivity contribution in [1.29, 1.82) is 0 Å². The number of nitrogens with zero attached hydrogens (tertiary/aromatic N) is 1. The molecule has 4 rings (SSSR count). The van der Waals surface area contributed by atoms with Crippen molar-refractivity contribution in [3.8, 4) is 17.1 Å². The third-order valence-electron chi connectivity index (χ3n) is 4.59. The van der Waals surface area contributed by atoms with Gasteiger partial charge in [-0.05, 0) is 54.2 Å². The summed E-state index contributed by atoms with van der Waals surface area (Å²) < 4.78 is 11.0. The van der Waals surface area contributed by atoms with Crippen molar-refractivity contribution in [2.45, 2.75) is 6.54 Å². The van der Waals surface area contributed by atoms with Crippen LogP contribution >= 0.6 is 46.6 Å². The summed E-state index contributed by atoms with van der Waals surface area (Å²) in [5.74, 6) is 1.13. The maximum atomic E-state index is 12.8. The summed E-state index contributed by atoms with van der Waals surface area (Å²) in [7, 11) is 1.54. The van der Waals surface area contributed by atoms with E-state index in [1.807, 2.05) is 6.07 Å². The fourth-order valence-electron chi connectivity index (χ4n) is 3.01. The molecule has 0 N–H and O–H groups in total. The molecular formula is C22H14Cl3NO4S. The highest BCUT2D eigenvalue weighted by Gasteiger charge is 2.36. The molecule has 2 heterocycles. The van der Waals surface area contributed by atoms with Crippen LogP contribution in [0.25, 0.3) is 17.4 Å². The molecule has 9 heteroatoms. The number of methoxy groups -OCH3 is 1. The van der Waals surface area contributed by atoms with Gasteiger partial charge in [-0.2, -0.15) is 0 Å². The summed E-state index contributed by atoms with van der Waals surface area (Å²) in [6, 6.07) is 13.8. The number of rotatable bonds is 5. The highest BCUT2D eigenvalue weighted by Crippen LogP contribution is 2.37. The summed E-state index contributed by atoms with van der Waals surface area (Å²) in [6.45, 7) is -0.00569. The number of carbonyl (C=O) groups is 2. The molecule has 1 fully saturated rings. The highest BCUT2D eigenvalue weighted by atomic mass is 35.5. The van der Waals surface area contributed by atoms with Crippen LogP contribution in [0.3, 0.4) is 0 Å². The topological polar surface area (TPSA) is 59.8 Å². The van der Waals surface area contributed by atoms with Crippen molar-refractivity contribution in [2.75, 3.05) is 7.11 Å². The lowest BCUT2D eigenvalue weighted by Crippen LogP contribution is -2.27.